The first-order valence-corrected chi connectivity index (χ1v) is 7.56. The van der Waals surface area contributed by atoms with E-state index in [0.717, 1.165) is 33.4 Å². The lowest BCUT2D eigenvalue weighted by Gasteiger charge is -2.01. The maximum absolute atomic E-state index is 5.22. The molecule has 108 valence electrons. The van der Waals surface area contributed by atoms with E-state index in [-0.39, 0.29) is 0 Å². The molecule has 0 unspecified atom stereocenters. The van der Waals surface area contributed by atoms with Crippen LogP contribution in [0.5, 0.6) is 11.5 Å². The molecule has 0 aliphatic carbocycles. The summed E-state index contributed by atoms with van der Waals surface area (Å²) in [5.41, 5.74) is 3.18. The van der Waals surface area contributed by atoms with E-state index in [1.807, 2.05) is 30.3 Å². The number of aromatic amines is 1. The van der Waals surface area contributed by atoms with E-state index < -0.39 is 0 Å². The predicted molar refractivity (Wildman–Crippen MR) is 85.2 cm³/mol. The maximum atomic E-state index is 5.22. The summed E-state index contributed by atoms with van der Waals surface area (Å²) in [6.07, 6.45) is 0. The summed E-state index contributed by atoms with van der Waals surface area (Å²) in [5.74, 6) is 2.57. The minimum atomic E-state index is 0.831. The average Bonchev–Trinajstić information content (AvgIpc) is 2.95. The molecule has 0 atom stereocenters. The molecule has 2 aromatic carbocycles. The molecule has 0 radical (unpaired) electrons. The van der Waals surface area contributed by atoms with Crippen LogP contribution in [0.15, 0.2) is 47.6 Å². The molecule has 1 aromatic heterocycles. The third-order valence-corrected chi connectivity index (χ3v) is 4.15. The predicted octanol–water partition coefficient (Wildman–Crippen LogP) is 3.87. The van der Waals surface area contributed by atoms with Crippen LogP contribution < -0.4 is 9.47 Å². The molecule has 3 aromatic rings. The van der Waals surface area contributed by atoms with Gasteiger partial charge in [-0.3, -0.25) is 0 Å². The van der Waals surface area contributed by atoms with Crippen molar-refractivity contribution >= 4 is 22.8 Å². The number of hydrogen-bond acceptors (Lipinski definition) is 4. The number of methoxy groups -OCH3 is 2. The molecule has 0 fully saturated rings. The highest BCUT2D eigenvalue weighted by Gasteiger charge is 2.05. The van der Waals surface area contributed by atoms with E-state index in [2.05, 4.69) is 22.1 Å². The van der Waals surface area contributed by atoms with Gasteiger partial charge in [-0.1, -0.05) is 23.9 Å². The van der Waals surface area contributed by atoms with E-state index in [4.69, 9.17) is 9.47 Å². The lowest BCUT2D eigenvalue weighted by atomic mass is 10.2. The zero-order valence-corrected chi connectivity index (χ0v) is 12.7. The van der Waals surface area contributed by atoms with Gasteiger partial charge in [0, 0.05) is 11.8 Å². The number of nitrogens with one attached hydrogen (secondary N) is 1. The first kappa shape index (κ1) is 13.8. The number of ether oxygens (including phenoxy) is 2. The van der Waals surface area contributed by atoms with Crippen LogP contribution in [0, 0.1) is 0 Å². The Morgan fingerprint density at radius 3 is 2.43 bits per heavy atom. The van der Waals surface area contributed by atoms with Gasteiger partial charge in [0.1, 0.15) is 11.5 Å². The average molecular weight is 300 g/mol. The highest BCUT2D eigenvalue weighted by molar-refractivity contribution is 7.98. The Morgan fingerprint density at radius 1 is 1.00 bits per heavy atom. The zero-order chi connectivity index (χ0) is 14.7. The standard InChI is InChI=1S/C16H16N2O2S/c1-19-12-5-3-11(4-6-12)10-21-16-17-14-8-7-13(20-2)9-15(14)18-16/h3-9H,10H2,1-2H3,(H,17,18). The molecule has 3 rings (SSSR count). The zero-order valence-electron chi connectivity index (χ0n) is 11.9. The van der Waals surface area contributed by atoms with Crippen molar-refractivity contribution in [3.63, 3.8) is 0 Å². The summed E-state index contributed by atoms with van der Waals surface area (Å²) in [5, 5.41) is 0.911. The number of thioether (sulfide) groups is 1. The van der Waals surface area contributed by atoms with E-state index in [9.17, 15) is 0 Å². The lowest BCUT2D eigenvalue weighted by molar-refractivity contribution is 0.414. The van der Waals surface area contributed by atoms with Crippen molar-refractivity contribution < 1.29 is 9.47 Å². The molecular weight excluding hydrogens is 284 g/mol. The first-order valence-electron chi connectivity index (χ1n) is 6.58. The maximum Gasteiger partial charge on any atom is 0.166 e. The van der Waals surface area contributed by atoms with Crippen molar-refractivity contribution in [2.75, 3.05) is 14.2 Å². The van der Waals surface area contributed by atoms with Gasteiger partial charge in [-0.15, -0.1) is 0 Å². The number of imidazole rings is 1. The monoisotopic (exact) mass is 300 g/mol. The van der Waals surface area contributed by atoms with Gasteiger partial charge in [-0.25, -0.2) is 4.98 Å². The van der Waals surface area contributed by atoms with E-state index >= 15 is 0 Å². The quantitative estimate of drug-likeness (QED) is 0.727. The Kier molecular flexibility index (Phi) is 4.01. The Morgan fingerprint density at radius 2 is 1.71 bits per heavy atom. The fourth-order valence-electron chi connectivity index (χ4n) is 2.03. The van der Waals surface area contributed by atoms with E-state index in [1.54, 1.807) is 26.0 Å². The second kappa shape index (κ2) is 6.10. The van der Waals surface area contributed by atoms with Gasteiger partial charge in [0.2, 0.25) is 0 Å². The minimum Gasteiger partial charge on any atom is -0.497 e. The fourth-order valence-corrected chi connectivity index (χ4v) is 2.87. The number of benzene rings is 2. The van der Waals surface area contributed by atoms with Crippen LogP contribution in [-0.4, -0.2) is 24.2 Å². The first-order chi connectivity index (χ1) is 10.3. The van der Waals surface area contributed by atoms with Crippen molar-refractivity contribution in [3.8, 4) is 11.5 Å². The van der Waals surface area contributed by atoms with Crippen LogP contribution in [0.2, 0.25) is 0 Å². The number of hydrogen-bond donors (Lipinski definition) is 1. The second-order valence-corrected chi connectivity index (χ2v) is 5.53. The van der Waals surface area contributed by atoms with Gasteiger partial charge in [0.05, 0.1) is 25.3 Å². The SMILES string of the molecule is COc1ccc(CSc2nc3ccc(OC)cc3[nH]2)cc1. The molecule has 1 heterocycles. The smallest absolute Gasteiger partial charge is 0.166 e. The van der Waals surface area contributed by atoms with Gasteiger partial charge in [-0.2, -0.15) is 0 Å². The summed E-state index contributed by atoms with van der Waals surface area (Å²) < 4.78 is 10.4. The molecule has 0 saturated heterocycles. The molecule has 0 amide bonds. The van der Waals surface area contributed by atoms with Gasteiger partial charge in [-0.05, 0) is 29.8 Å². The molecule has 0 bridgehead atoms. The van der Waals surface area contributed by atoms with Gasteiger partial charge < -0.3 is 14.5 Å². The van der Waals surface area contributed by atoms with Crippen LogP contribution in [-0.2, 0) is 5.75 Å². The summed E-state index contributed by atoms with van der Waals surface area (Å²) in [4.78, 5) is 7.87. The lowest BCUT2D eigenvalue weighted by Crippen LogP contribution is -1.84. The van der Waals surface area contributed by atoms with Gasteiger partial charge >= 0.3 is 0 Å². The summed E-state index contributed by atoms with van der Waals surface area (Å²) in [7, 11) is 3.34. The minimum absolute atomic E-state index is 0.831. The molecule has 0 saturated carbocycles. The van der Waals surface area contributed by atoms with Crippen molar-refractivity contribution in [1.29, 1.82) is 0 Å². The normalized spacial score (nSPS) is 10.8. The van der Waals surface area contributed by atoms with E-state index in [1.165, 1.54) is 5.56 Å². The molecule has 1 N–H and O–H groups in total. The molecule has 5 heteroatoms. The second-order valence-electron chi connectivity index (χ2n) is 4.56. The highest BCUT2D eigenvalue weighted by atomic mass is 32.2. The summed E-state index contributed by atoms with van der Waals surface area (Å²) >= 11 is 1.68. The number of fused-ring (bicyclic) bond motifs is 1. The van der Waals surface area contributed by atoms with Crippen molar-refractivity contribution in [2.24, 2.45) is 0 Å². The molecule has 0 aliphatic heterocycles. The van der Waals surface area contributed by atoms with Crippen LogP contribution in [0.4, 0.5) is 0 Å². The van der Waals surface area contributed by atoms with Crippen molar-refractivity contribution in [2.45, 2.75) is 10.9 Å². The number of nitrogens with zero attached hydrogens (tertiary/aromatic N) is 1. The third kappa shape index (κ3) is 3.13. The summed E-state index contributed by atoms with van der Waals surface area (Å²) in [6.45, 7) is 0. The number of H-pyrrole nitrogens is 1. The molecular formula is C16H16N2O2S. The van der Waals surface area contributed by atoms with Gasteiger partial charge in [0.15, 0.2) is 5.16 Å². The number of rotatable bonds is 5. The molecule has 0 spiro atoms. The van der Waals surface area contributed by atoms with Crippen LogP contribution in [0.25, 0.3) is 11.0 Å². The highest BCUT2D eigenvalue weighted by Crippen LogP contribution is 2.25. The molecule has 0 aliphatic rings. The van der Waals surface area contributed by atoms with Crippen LogP contribution in [0.3, 0.4) is 0 Å². The van der Waals surface area contributed by atoms with Gasteiger partial charge in [0.25, 0.3) is 0 Å². The third-order valence-electron chi connectivity index (χ3n) is 3.20. The van der Waals surface area contributed by atoms with Crippen molar-refractivity contribution in [3.05, 3.63) is 48.0 Å². The fraction of sp³-hybridized carbons (Fsp3) is 0.188. The molecule has 21 heavy (non-hydrogen) atoms. The van der Waals surface area contributed by atoms with Crippen LogP contribution >= 0.6 is 11.8 Å². The Balaban J connectivity index is 1.72. The largest absolute Gasteiger partial charge is 0.497 e. The van der Waals surface area contributed by atoms with Crippen LogP contribution in [0.1, 0.15) is 5.56 Å². The van der Waals surface area contributed by atoms with E-state index in [0.29, 0.717) is 0 Å². The number of aromatic nitrogens is 2. The Labute approximate surface area is 127 Å². The Hall–Kier alpha value is -2.14. The summed E-state index contributed by atoms with van der Waals surface area (Å²) in [6, 6.07) is 13.9. The topological polar surface area (TPSA) is 47.1 Å². The molecule has 4 nitrogen and oxygen atoms in total. The Bertz CT molecular complexity index is 738. The van der Waals surface area contributed by atoms with Crippen molar-refractivity contribution in [1.82, 2.24) is 9.97 Å².